The van der Waals surface area contributed by atoms with E-state index in [1.165, 1.54) is 24.5 Å². The van der Waals surface area contributed by atoms with E-state index in [2.05, 4.69) is 4.98 Å². The van der Waals surface area contributed by atoms with Crippen LogP contribution in [0.2, 0.25) is 5.15 Å². The van der Waals surface area contributed by atoms with E-state index in [1.807, 2.05) is 0 Å². The molecule has 0 bridgehead atoms. The van der Waals surface area contributed by atoms with Gasteiger partial charge in [-0.25, -0.2) is 4.98 Å². The number of alkyl halides is 3. The summed E-state index contributed by atoms with van der Waals surface area (Å²) in [6.45, 7) is 0.00687. The molecule has 0 atom stereocenters. The predicted molar refractivity (Wildman–Crippen MR) is 64.1 cm³/mol. The van der Waals surface area contributed by atoms with Crippen LogP contribution < -0.4 is 5.56 Å². The quantitative estimate of drug-likeness (QED) is 0.796. The number of hydrogen-bond donors (Lipinski definition) is 0. The Bertz CT molecular complexity index is 635. The van der Waals surface area contributed by atoms with Crippen molar-refractivity contribution in [3.8, 4) is 0 Å². The summed E-state index contributed by atoms with van der Waals surface area (Å²) in [4.78, 5) is 15.5. The van der Waals surface area contributed by atoms with Gasteiger partial charge in [0.2, 0.25) is 0 Å². The van der Waals surface area contributed by atoms with Crippen LogP contribution >= 0.6 is 11.6 Å². The number of hydrogen-bond acceptors (Lipinski definition) is 2. The highest BCUT2D eigenvalue weighted by atomic mass is 35.5. The summed E-state index contributed by atoms with van der Waals surface area (Å²) in [7, 11) is 0. The second kappa shape index (κ2) is 5.05. The average molecular weight is 289 g/mol. The van der Waals surface area contributed by atoms with Crippen LogP contribution in [0, 0.1) is 0 Å². The third-order valence-electron chi connectivity index (χ3n) is 2.47. The van der Waals surface area contributed by atoms with Gasteiger partial charge in [0.05, 0.1) is 6.54 Å². The van der Waals surface area contributed by atoms with E-state index in [0.717, 1.165) is 10.6 Å². The van der Waals surface area contributed by atoms with Gasteiger partial charge in [-0.05, 0) is 23.8 Å². The van der Waals surface area contributed by atoms with Crippen LogP contribution in [0.4, 0.5) is 13.2 Å². The van der Waals surface area contributed by atoms with E-state index in [4.69, 9.17) is 11.6 Å². The standard InChI is InChI=1S/C12H8ClF3N2O/c13-10-4-3-8(6-17-10)7-18-5-1-2-9(11(18)19)12(14,15)16/h1-6H,7H2. The van der Waals surface area contributed by atoms with Gasteiger partial charge >= 0.3 is 6.18 Å². The lowest BCUT2D eigenvalue weighted by atomic mass is 10.2. The second-order valence-electron chi connectivity index (χ2n) is 3.84. The maximum absolute atomic E-state index is 12.6. The van der Waals surface area contributed by atoms with Gasteiger partial charge in [-0.3, -0.25) is 4.79 Å². The van der Waals surface area contributed by atoms with Crippen molar-refractivity contribution < 1.29 is 13.2 Å². The van der Waals surface area contributed by atoms with Crippen molar-refractivity contribution in [3.05, 3.63) is 63.3 Å². The van der Waals surface area contributed by atoms with Crippen LogP contribution in [-0.2, 0) is 12.7 Å². The van der Waals surface area contributed by atoms with Crippen LogP contribution in [0.3, 0.4) is 0 Å². The van der Waals surface area contributed by atoms with Crippen molar-refractivity contribution >= 4 is 11.6 Å². The molecular formula is C12H8ClF3N2O. The van der Waals surface area contributed by atoms with E-state index in [-0.39, 0.29) is 11.7 Å². The molecule has 0 saturated heterocycles. The van der Waals surface area contributed by atoms with Gasteiger partial charge < -0.3 is 4.57 Å². The van der Waals surface area contributed by atoms with Gasteiger partial charge in [-0.1, -0.05) is 17.7 Å². The van der Waals surface area contributed by atoms with Crippen molar-refractivity contribution in [1.29, 1.82) is 0 Å². The van der Waals surface area contributed by atoms with E-state index in [9.17, 15) is 18.0 Å². The van der Waals surface area contributed by atoms with Crippen molar-refractivity contribution in [3.63, 3.8) is 0 Å². The van der Waals surface area contributed by atoms with Gasteiger partial charge in [-0.15, -0.1) is 0 Å². The fourth-order valence-corrected chi connectivity index (χ4v) is 1.69. The van der Waals surface area contributed by atoms with Gasteiger partial charge in [-0.2, -0.15) is 13.2 Å². The van der Waals surface area contributed by atoms with Gasteiger partial charge in [0.1, 0.15) is 10.7 Å². The maximum atomic E-state index is 12.6. The SMILES string of the molecule is O=c1c(C(F)(F)F)cccn1Cc1ccc(Cl)nc1. The topological polar surface area (TPSA) is 34.9 Å². The summed E-state index contributed by atoms with van der Waals surface area (Å²) in [6.07, 6.45) is -1.94. The Morgan fingerprint density at radius 1 is 1.26 bits per heavy atom. The van der Waals surface area contributed by atoms with Gasteiger partial charge in [0, 0.05) is 12.4 Å². The first-order valence-corrected chi connectivity index (χ1v) is 5.63. The van der Waals surface area contributed by atoms with Crippen molar-refractivity contribution in [2.24, 2.45) is 0 Å². The lowest BCUT2D eigenvalue weighted by Gasteiger charge is -2.10. The third kappa shape index (κ3) is 3.14. The molecule has 0 N–H and O–H groups in total. The van der Waals surface area contributed by atoms with Crippen LogP contribution in [0.15, 0.2) is 41.5 Å². The Morgan fingerprint density at radius 2 is 2.00 bits per heavy atom. The van der Waals surface area contributed by atoms with Crippen molar-refractivity contribution in [2.45, 2.75) is 12.7 Å². The fraction of sp³-hybridized carbons (Fsp3) is 0.167. The summed E-state index contributed by atoms with van der Waals surface area (Å²) < 4.78 is 38.7. The molecular weight excluding hydrogens is 281 g/mol. The zero-order valence-corrected chi connectivity index (χ0v) is 10.2. The fourth-order valence-electron chi connectivity index (χ4n) is 1.57. The molecule has 0 saturated carbocycles. The number of aromatic nitrogens is 2. The summed E-state index contributed by atoms with van der Waals surface area (Å²) >= 11 is 5.60. The molecule has 0 spiro atoms. The van der Waals surface area contributed by atoms with E-state index < -0.39 is 17.3 Å². The highest BCUT2D eigenvalue weighted by Gasteiger charge is 2.34. The molecule has 0 aliphatic heterocycles. The minimum absolute atomic E-state index is 0.00687. The number of halogens is 4. The molecule has 7 heteroatoms. The second-order valence-corrected chi connectivity index (χ2v) is 4.23. The molecule has 19 heavy (non-hydrogen) atoms. The Hall–Kier alpha value is -1.82. The first kappa shape index (κ1) is 13.6. The number of rotatable bonds is 2. The van der Waals surface area contributed by atoms with E-state index >= 15 is 0 Å². The molecule has 0 unspecified atom stereocenters. The Kier molecular flexibility index (Phi) is 3.61. The number of pyridine rings is 2. The summed E-state index contributed by atoms with van der Waals surface area (Å²) in [5, 5.41) is 0.278. The minimum Gasteiger partial charge on any atom is -0.311 e. The molecule has 0 aliphatic carbocycles. The zero-order valence-electron chi connectivity index (χ0n) is 9.49. The molecule has 2 rings (SSSR count). The van der Waals surface area contributed by atoms with E-state index in [0.29, 0.717) is 5.56 Å². The first-order valence-electron chi connectivity index (χ1n) is 5.25. The summed E-state index contributed by atoms with van der Waals surface area (Å²) in [5.74, 6) is 0. The van der Waals surface area contributed by atoms with Crippen LogP contribution in [0.5, 0.6) is 0 Å². The predicted octanol–water partition coefficient (Wildman–Crippen LogP) is 2.96. The Balaban J connectivity index is 2.37. The molecule has 0 aliphatic rings. The average Bonchev–Trinajstić information content (AvgIpc) is 2.33. The highest BCUT2D eigenvalue weighted by molar-refractivity contribution is 6.29. The lowest BCUT2D eigenvalue weighted by molar-refractivity contribution is -0.138. The largest absolute Gasteiger partial charge is 0.421 e. The molecule has 2 heterocycles. The monoisotopic (exact) mass is 288 g/mol. The Morgan fingerprint density at radius 3 is 2.58 bits per heavy atom. The molecule has 2 aromatic rings. The van der Waals surface area contributed by atoms with E-state index in [1.54, 1.807) is 6.07 Å². The maximum Gasteiger partial charge on any atom is 0.421 e. The van der Waals surface area contributed by atoms with Crippen molar-refractivity contribution in [1.82, 2.24) is 9.55 Å². The van der Waals surface area contributed by atoms with Crippen LogP contribution in [-0.4, -0.2) is 9.55 Å². The molecule has 0 amide bonds. The van der Waals surface area contributed by atoms with Crippen LogP contribution in [0.1, 0.15) is 11.1 Å². The minimum atomic E-state index is -4.65. The van der Waals surface area contributed by atoms with Gasteiger partial charge in [0.15, 0.2) is 0 Å². The Labute approximate surface area is 111 Å². The molecule has 2 aromatic heterocycles. The molecule has 3 nitrogen and oxygen atoms in total. The molecule has 0 aromatic carbocycles. The normalized spacial score (nSPS) is 11.6. The smallest absolute Gasteiger partial charge is 0.311 e. The highest BCUT2D eigenvalue weighted by Crippen LogP contribution is 2.26. The van der Waals surface area contributed by atoms with Gasteiger partial charge in [0.25, 0.3) is 5.56 Å². The van der Waals surface area contributed by atoms with Crippen molar-refractivity contribution in [2.75, 3.05) is 0 Å². The van der Waals surface area contributed by atoms with Crippen LogP contribution in [0.25, 0.3) is 0 Å². The molecule has 100 valence electrons. The zero-order chi connectivity index (χ0) is 14.0. The first-order chi connectivity index (χ1) is 8.88. The molecule has 0 radical (unpaired) electrons. The summed E-state index contributed by atoms with van der Waals surface area (Å²) in [6, 6.07) is 5.06. The lowest BCUT2D eigenvalue weighted by Crippen LogP contribution is -2.28. The molecule has 0 fully saturated rings. The number of nitrogens with zero attached hydrogens (tertiary/aromatic N) is 2. The third-order valence-corrected chi connectivity index (χ3v) is 2.69. The summed E-state index contributed by atoms with van der Waals surface area (Å²) in [5.41, 5.74) is -1.67.